The van der Waals surface area contributed by atoms with Gasteiger partial charge in [0.25, 0.3) is 16.6 Å². The third-order valence-corrected chi connectivity index (χ3v) is 17.4. The fourth-order valence-corrected chi connectivity index (χ4v) is 5.86. The van der Waals surface area contributed by atoms with Crippen molar-refractivity contribution in [2.24, 2.45) is 0 Å². The second kappa shape index (κ2) is 17.6. The number of rotatable bonds is 18. The van der Waals surface area contributed by atoms with Crippen LogP contribution in [0, 0.1) is 0 Å². The molecule has 1 atom stereocenters. The third kappa shape index (κ3) is 12.4. The molecule has 2 rings (SSSR count). The second-order valence-corrected chi connectivity index (χ2v) is 24.2. The molecule has 49 heavy (non-hydrogen) atoms. The van der Waals surface area contributed by atoms with E-state index >= 15 is 0 Å². The van der Waals surface area contributed by atoms with E-state index in [1.54, 1.807) is 36.4 Å². The Kier molecular flexibility index (Phi) is 14.8. The van der Waals surface area contributed by atoms with Gasteiger partial charge in [-0.05, 0) is 77.7 Å². The first kappa shape index (κ1) is 41.1. The summed E-state index contributed by atoms with van der Waals surface area (Å²) in [7, 11) is -4.41. The van der Waals surface area contributed by atoms with Crippen LogP contribution in [0.15, 0.2) is 80.4 Å². The van der Waals surface area contributed by atoms with E-state index in [4.69, 9.17) is 27.8 Å². The fraction of sp³-hybridized carbons (Fsp3) is 0.436. The highest BCUT2D eigenvalue weighted by Crippen LogP contribution is 2.44. The largest absolute Gasteiger partial charge is 0.541 e. The molecule has 0 aliphatic rings. The van der Waals surface area contributed by atoms with E-state index in [1.807, 2.05) is 18.2 Å². The molecule has 8 nitrogen and oxygen atoms in total. The minimum atomic E-state index is -2.24. The average molecular weight is 709 g/mol. The molecule has 0 unspecified atom stereocenters. The maximum atomic E-state index is 13.1. The van der Waals surface area contributed by atoms with Gasteiger partial charge in [-0.25, -0.2) is 9.59 Å². The van der Waals surface area contributed by atoms with Crippen LogP contribution in [-0.4, -0.2) is 54.5 Å². The van der Waals surface area contributed by atoms with Crippen LogP contribution in [-0.2, 0) is 25.5 Å². The van der Waals surface area contributed by atoms with E-state index in [2.05, 4.69) is 87.5 Å². The minimum absolute atomic E-state index is 0.00551. The Morgan fingerprint density at radius 1 is 0.714 bits per heavy atom. The van der Waals surface area contributed by atoms with Crippen molar-refractivity contribution in [2.45, 2.75) is 90.3 Å². The molecule has 0 bridgehead atoms. The van der Waals surface area contributed by atoms with E-state index in [0.29, 0.717) is 35.2 Å². The van der Waals surface area contributed by atoms with Crippen molar-refractivity contribution in [3.63, 3.8) is 0 Å². The molecule has 0 amide bonds. The van der Waals surface area contributed by atoms with Crippen molar-refractivity contribution in [3.05, 3.63) is 91.6 Å². The topological polar surface area (TPSA) is 89.5 Å². The van der Waals surface area contributed by atoms with E-state index in [0.717, 1.165) is 5.56 Å². The summed E-state index contributed by atoms with van der Waals surface area (Å²) in [4.78, 5) is 26.1. The van der Waals surface area contributed by atoms with Gasteiger partial charge >= 0.3 is 11.9 Å². The molecule has 0 N–H and O–H groups in total. The third-order valence-electron chi connectivity index (χ3n) is 8.73. The summed E-state index contributed by atoms with van der Waals surface area (Å²) in [5.74, 6) is 0.906. The van der Waals surface area contributed by atoms with E-state index in [9.17, 15) is 9.59 Å². The number of esters is 2. The summed E-state index contributed by atoms with van der Waals surface area (Å²) in [6, 6.07) is 10.9. The lowest BCUT2D eigenvalue weighted by Gasteiger charge is -2.39. The predicted octanol–water partition coefficient (Wildman–Crippen LogP) is 9.48. The highest BCUT2D eigenvalue weighted by atomic mass is 28.4. The Morgan fingerprint density at radius 3 is 1.80 bits per heavy atom. The molecule has 268 valence electrons. The molecule has 0 spiro atoms. The summed E-state index contributed by atoms with van der Waals surface area (Å²) >= 11 is 0. The van der Waals surface area contributed by atoms with Crippen LogP contribution in [0.2, 0.25) is 36.3 Å². The zero-order valence-corrected chi connectivity index (χ0v) is 33.1. The summed E-state index contributed by atoms with van der Waals surface area (Å²) in [5.41, 5.74) is 1.39. The first-order chi connectivity index (χ1) is 22.7. The van der Waals surface area contributed by atoms with Crippen LogP contribution >= 0.6 is 0 Å². The molecule has 2 aromatic carbocycles. The van der Waals surface area contributed by atoms with Gasteiger partial charge < -0.3 is 27.8 Å². The molecule has 0 aromatic heterocycles. The van der Waals surface area contributed by atoms with Gasteiger partial charge in [0.05, 0.1) is 0 Å². The van der Waals surface area contributed by atoms with E-state index < -0.39 is 34.7 Å². The van der Waals surface area contributed by atoms with Crippen LogP contribution in [0.4, 0.5) is 0 Å². The highest BCUT2D eigenvalue weighted by molar-refractivity contribution is 6.75. The maximum Gasteiger partial charge on any atom is 0.348 e. The average Bonchev–Trinajstić information content (AvgIpc) is 3.00. The monoisotopic (exact) mass is 708 g/mol. The van der Waals surface area contributed by atoms with Crippen LogP contribution in [0.1, 0.15) is 52.7 Å². The van der Waals surface area contributed by atoms with Crippen LogP contribution in [0.5, 0.6) is 23.0 Å². The van der Waals surface area contributed by atoms with Crippen LogP contribution in [0.3, 0.4) is 0 Å². The van der Waals surface area contributed by atoms with Gasteiger partial charge in [0.15, 0.2) is 11.5 Å². The molecule has 0 aliphatic heterocycles. The normalized spacial score (nSPS) is 12.9. The first-order valence-electron chi connectivity index (χ1n) is 16.5. The molecule has 0 saturated heterocycles. The van der Waals surface area contributed by atoms with Crippen molar-refractivity contribution in [1.29, 1.82) is 0 Å². The van der Waals surface area contributed by atoms with Crippen molar-refractivity contribution < 1.29 is 37.4 Å². The molecule has 0 radical (unpaired) electrons. The van der Waals surface area contributed by atoms with Crippen LogP contribution in [0.25, 0.3) is 6.08 Å². The molecule has 0 heterocycles. The number of carbonyl (C=O) groups excluding carboxylic acids is 2. The molecular weight excluding hydrogens is 653 g/mol. The van der Waals surface area contributed by atoms with Crippen molar-refractivity contribution in [3.8, 4) is 23.0 Å². The number of carbonyl (C=O) groups is 2. The number of hydrogen-bond donors (Lipinski definition) is 0. The van der Waals surface area contributed by atoms with Gasteiger partial charge in [-0.2, -0.15) is 0 Å². The van der Waals surface area contributed by atoms with Gasteiger partial charge in [0, 0.05) is 12.5 Å². The summed E-state index contributed by atoms with van der Waals surface area (Å²) in [6.45, 7) is 33.4. The lowest BCUT2D eigenvalue weighted by Crippen LogP contribution is -2.45. The van der Waals surface area contributed by atoms with Gasteiger partial charge in [-0.1, -0.05) is 91.6 Å². The van der Waals surface area contributed by atoms with Gasteiger partial charge in [-0.3, -0.25) is 0 Å². The van der Waals surface area contributed by atoms with Crippen molar-refractivity contribution in [1.82, 2.24) is 0 Å². The van der Waals surface area contributed by atoms with E-state index in [1.165, 1.54) is 12.2 Å². The Labute approximate surface area is 296 Å². The molecule has 10 heteroatoms. The smallest absolute Gasteiger partial charge is 0.348 e. The number of benzene rings is 2. The first-order valence-corrected chi connectivity index (χ1v) is 22.3. The number of hydrogen-bond acceptors (Lipinski definition) is 8. The second-order valence-electron chi connectivity index (χ2n) is 14.8. The van der Waals surface area contributed by atoms with Crippen LogP contribution < -0.4 is 18.3 Å². The van der Waals surface area contributed by atoms with E-state index in [-0.39, 0.29) is 29.7 Å². The summed E-state index contributed by atoms with van der Waals surface area (Å²) in [6.07, 6.45) is 6.45. The lowest BCUT2D eigenvalue weighted by molar-refractivity contribution is -0.164. The zero-order valence-electron chi connectivity index (χ0n) is 31.1. The Balaban J connectivity index is 2.39. The Bertz CT molecular complexity index is 1500. The van der Waals surface area contributed by atoms with Gasteiger partial charge in [0.2, 0.25) is 6.10 Å². The quantitative estimate of drug-likeness (QED) is 0.0655. The maximum absolute atomic E-state index is 13.1. The predicted molar refractivity (Wildman–Crippen MR) is 204 cm³/mol. The molecule has 2 aromatic rings. The molecule has 0 aliphatic carbocycles. The van der Waals surface area contributed by atoms with Crippen molar-refractivity contribution >= 4 is 34.6 Å². The summed E-state index contributed by atoms with van der Waals surface area (Å²) in [5, 5.41) is -0.0436. The standard InChI is InChI=1S/C39H56O8Si2/c1-14-23-42-31-20-18-30(27-33(31)43-24-15-2)28-35(37(41)44-25-16-3)45-36(40)22-19-29-17-21-32(46-48(10,11)38(4,5)6)34(26-29)47-49(12,13)39(7,8)9/h14-22,26-27,35H,1-3,23-25,28H2,4-13H3/b22-19+/t35-/m0/s1. The van der Waals surface area contributed by atoms with Crippen molar-refractivity contribution in [2.75, 3.05) is 19.8 Å². The number of ether oxygens (including phenoxy) is 4. The lowest BCUT2D eigenvalue weighted by atomic mass is 10.1. The highest BCUT2D eigenvalue weighted by Gasteiger charge is 2.42. The fourth-order valence-electron chi connectivity index (χ4n) is 3.82. The SMILES string of the molecule is C=CCOC(=O)[C@H](Cc1ccc(OCC=C)c(OCC=C)c1)OC(=O)/C=C/c1ccc(O[Si](C)(C)C(C)(C)C)c(O[Si](C)(C)C(C)(C)C)c1. The molecule has 0 saturated carbocycles. The minimum Gasteiger partial charge on any atom is -0.541 e. The zero-order chi connectivity index (χ0) is 37.0. The van der Waals surface area contributed by atoms with Gasteiger partial charge in [-0.15, -0.1) is 0 Å². The van der Waals surface area contributed by atoms with Gasteiger partial charge in [0.1, 0.15) is 31.3 Å². The molecule has 0 fully saturated rings. The molecular formula is C39H56O8Si2. The Hall–Kier alpha value is -4.03. The Morgan fingerprint density at radius 2 is 1.24 bits per heavy atom. The summed E-state index contributed by atoms with van der Waals surface area (Å²) < 4.78 is 35.8.